The van der Waals surface area contributed by atoms with Crippen molar-refractivity contribution in [2.24, 2.45) is 0 Å². The maximum atomic E-state index is 3.39. The fourth-order valence-corrected chi connectivity index (χ4v) is 2.14. The first-order valence-corrected chi connectivity index (χ1v) is 6.14. The molecule has 0 unspecified atom stereocenters. The Balaban J connectivity index is 2.36. The lowest BCUT2D eigenvalue weighted by Gasteiger charge is -2.06. The molecule has 1 N–H and O–H groups in total. The molecule has 2 heteroatoms. The van der Waals surface area contributed by atoms with Crippen LogP contribution in [0.15, 0.2) is 30.5 Å². The Morgan fingerprint density at radius 1 is 1.19 bits per heavy atom. The highest BCUT2D eigenvalue weighted by atomic mass is 14.9. The molecular formula is C14H20N2. The summed E-state index contributed by atoms with van der Waals surface area (Å²) in [6.07, 6.45) is 3.38. The van der Waals surface area contributed by atoms with Gasteiger partial charge in [0, 0.05) is 30.2 Å². The zero-order valence-electron chi connectivity index (χ0n) is 10.2. The van der Waals surface area contributed by atoms with E-state index in [9.17, 15) is 0 Å². The third-order valence-electron chi connectivity index (χ3n) is 2.93. The molecule has 16 heavy (non-hydrogen) atoms. The Kier molecular flexibility index (Phi) is 3.62. The number of benzene rings is 1. The Morgan fingerprint density at radius 2 is 2.06 bits per heavy atom. The average Bonchev–Trinajstić information content (AvgIpc) is 2.71. The van der Waals surface area contributed by atoms with Gasteiger partial charge in [0.25, 0.3) is 0 Å². The molecule has 0 bridgehead atoms. The fraction of sp³-hybridized carbons (Fsp3) is 0.429. The van der Waals surface area contributed by atoms with Gasteiger partial charge in [-0.05, 0) is 30.7 Å². The summed E-state index contributed by atoms with van der Waals surface area (Å²) < 4.78 is 2.34. The molecular weight excluding hydrogens is 196 g/mol. The number of aryl methyl sites for hydroxylation is 1. The number of hydrogen-bond acceptors (Lipinski definition) is 1. The van der Waals surface area contributed by atoms with Gasteiger partial charge in [0.1, 0.15) is 0 Å². The minimum Gasteiger partial charge on any atom is -0.347 e. The lowest BCUT2D eigenvalue weighted by Crippen LogP contribution is -2.11. The summed E-state index contributed by atoms with van der Waals surface area (Å²) in [7, 11) is 0. The molecule has 0 aliphatic heterocycles. The number of aromatic nitrogens is 1. The van der Waals surface area contributed by atoms with Crippen LogP contribution in [0.2, 0.25) is 0 Å². The van der Waals surface area contributed by atoms with Crippen molar-refractivity contribution >= 4 is 10.9 Å². The third kappa shape index (κ3) is 2.12. The topological polar surface area (TPSA) is 17.0 Å². The lowest BCUT2D eigenvalue weighted by molar-refractivity contribution is 0.703. The Labute approximate surface area is 97.3 Å². The molecule has 0 aliphatic carbocycles. The van der Waals surface area contributed by atoms with E-state index in [0.717, 1.165) is 19.6 Å². The van der Waals surface area contributed by atoms with Gasteiger partial charge in [-0.3, -0.25) is 0 Å². The first kappa shape index (κ1) is 11.2. The van der Waals surface area contributed by atoms with Gasteiger partial charge in [0.15, 0.2) is 0 Å². The molecule has 2 rings (SSSR count). The highest BCUT2D eigenvalue weighted by Crippen LogP contribution is 2.20. The van der Waals surface area contributed by atoms with Crippen LogP contribution in [0.5, 0.6) is 0 Å². The smallest absolute Gasteiger partial charge is 0.0483 e. The maximum Gasteiger partial charge on any atom is 0.0483 e. The predicted molar refractivity (Wildman–Crippen MR) is 69.6 cm³/mol. The van der Waals surface area contributed by atoms with E-state index in [2.05, 4.69) is 54.2 Å². The van der Waals surface area contributed by atoms with Gasteiger partial charge in [-0.2, -0.15) is 0 Å². The van der Waals surface area contributed by atoms with Crippen LogP contribution < -0.4 is 5.32 Å². The summed E-state index contributed by atoms with van der Waals surface area (Å²) >= 11 is 0. The molecule has 1 aromatic carbocycles. The Morgan fingerprint density at radius 3 is 2.81 bits per heavy atom. The van der Waals surface area contributed by atoms with Crippen LogP contribution in [0.3, 0.4) is 0 Å². The van der Waals surface area contributed by atoms with Crippen molar-refractivity contribution in [3.8, 4) is 0 Å². The number of rotatable bonds is 5. The summed E-state index contributed by atoms with van der Waals surface area (Å²) in [5.74, 6) is 0. The van der Waals surface area contributed by atoms with E-state index in [1.807, 2.05) is 0 Å². The second-order valence-corrected chi connectivity index (χ2v) is 4.14. The van der Waals surface area contributed by atoms with Gasteiger partial charge in [0.2, 0.25) is 0 Å². The van der Waals surface area contributed by atoms with Crippen LogP contribution in [0, 0.1) is 0 Å². The summed E-state index contributed by atoms with van der Waals surface area (Å²) in [5, 5.41) is 4.77. The molecule has 1 heterocycles. The standard InChI is InChI=1S/C14H20N2/c1-3-9-16-10-8-13-12(11-15-4-2)6-5-7-14(13)16/h5-8,10,15H,3-4,9,11H2,1-2H3. The second-order valence-electron chi connectivity index (χ2n) is 4.14. The van der Waals surface area contributed by atoms with Crippen molar-refractivity contribution in [1.29, 1.82) is 0 Å². The van der Waals surface area contributed by atoms with Crippen LogP contribution >= 0.6 is 0 Å². The van der Waals surface area contributed by atoms with Crippen molar-refractivity contribution in [2.45, 2.75) is 33.4 Å². The van der Waals surface area contributed by atoms with Gasteiger partial charge in [-0.1, -0.05) is 26.0 Å². The van der Waals surface area contributed by atoms with Crippen molar-refractivity contribution in [3.05, 3.63) is 36.0 Å². The van der Waals surface area contributed by atoms with Gasteiger partial charge in [-0.15, -0.1) is 0 Å². The number of fused-ring (bicyclic) bond motifs is 1. The monoisotopic (exact) mass is 216 g/mol. The minimum absolute atomic E-state index is 0.962. The van der Waals surface area contributed by atoms with Crippen LogP contribution in [0.25, 0.3) is 10.9 Å². The van der Waals surface area contributed by atoms with Gasteiger partial charge in [0.05, 0.1) is 0 Å². The summed E-state index contributed by atoms with van der Waals surface area (Å²) in [6.45, 7) is 7.45. The van der Waals surface area contributed by atoms with Gasteiger partial charge < -0.3 is 9.88 Å². The second kappa shape index (κ2) is 5.17. The van der Waals surface area contributed by atoms with Crippen molar-refractivity contribution < 1.29 is 0 Å². The molecule has 86 valence electrons. The van der Waals surface area contributed by atoms with E-state index >= 15 is 0 Å². The molecule has 2 nitrogen and oxygen atoms in total. The van der Waals surface area contributed by atoms with Gasteiger partial charge in [-0.25, -0.2) is 0 Å². The van der Waals surface area contributed by atoms with E-state index in [1.165, 1.54) is 22.9 Å². The van der Waals surface area contributed by atoms with Crippen LogP contribution in [-0.2, 0) is 13.1 Å². The fourth-order valence-electron chi connectivity index (χ4n) is 2.14. The quantitative estimate of drug-likeness (QED) is 0.812. The summed E-state index contributed by atoms with van der Waals surface area (Å²) in [5.41, 5.74) is 2.76. The highest BCUT2D eigenvalue weighted by Gasteiger charge is 2.04. The molecule has 0 saturated heterocycles. The Hall–Kier alpha value is -1.28. The Bertz CT molecular complexity index is 457. The van der Waals surface area contributed by atoms with Crippen LogP contribution in [0.4, 0.5) is 0 Å². The average molecular weight is 216 g/mol. The van der Waals surface area contributed by atoms with Crippen molar-refractivity contribution in [2.75, 3.05) is 6.54 Å². The van der Waals surface area contributed by atoms with Crippen LogP contribution in [-0.4, -0.2) is 11.1 Å². The minimum atomic E-state index is 0.962. The molecule has 0 spiro atoms. The SMILES string of the molecule is CCCn1ccc2c(CNCC)cccc21. The van der Waals surface area contributed by atoms with Gasteiger partial charge >= 0.3 is 0 Å². The first-order chi connectivity index (χ1) is 7.86. The molecule has 0 fully saturated rings. The van der Waals surface area contributed by atoms with Crippen molar-refractivity contribution in [1.82, 2.24) is 9.88 Å². The molecule has 0 atom stereocenters. The maximum absolute atomic E-state index is 3.39. The summed E-state index contributed by atoms with van der Waals surface area (Å²) in [4.78, 5) is 0. The van der Waals surface area contributed by atoms with E-state index < -0.39 is 0 Å². The molecule has 2 aromatic rings. The molecule has 0 saturated carbocycles. The predicted octanol–water partition coefficient (Wildman–Crippen LogP) is 3.16. The van der Waals surface area contributed by atoms with Crippen LogP contribution in [0.1, 0.15) is 25.8 Å². The molecule has 0 aliphatic rings. The first-order valence-electron chi connectivity index (χ1n) is 6.14. The van der Waals surface area contributed by atoms with E-state index in [-0.39, 0.29) is 0 Å². The van der Waals surface area contributed by atoms with E-state index in [1.54, 1.807) is 0 Å². The summed E-state index contributed by atoms with van der Waals surface area (Å²) in [6, 6.07) is 8.81. The zero-order valence-corrected chi connectivity index (χ0v) is 10.2. The molecule has 0 amide bonds. The molecule has 0 radical (unpaired) electrons. The third-order valence-corrected chi connectivity index (χ3v) is 2.93. The number of nitrogens with one attached hydrogen (secondary N) is 1. The highest BCUT2D eigenvalue weighted by molar-refractivity contribution is 5.83. The zero-order chi connectivity index (χ0) is 11.4. The largest absolute Gasteiger partial charge is 0.347 e. The molecule has 1 aromatic heterocycles. The van der Waals surface area contributed by atoms with E-state index in [4.69, 9.17) is 0 Å². The van der Waals surface area contributed by atoms with Crippen molar-refractivity contribution in [3.63, 3.8) is 0 Å². The van der Waals surface area contributed by atoms with E-state index in [0.29, 0.717) is 0 Å². The normalized spacial score (nSPS) is 11.1. The number of nitrogens with zero attached hydrogens (tertiary/aromatic N) is 1. The lowest BCUT2D eigenvalue weighted by atomic mass is 10.1. The number of hydrogen-bond donors (Lipinski definition) is 1.